The Balaban J connectivity index is 1.19. The van der Waals surface area contributed by atoms with Gasteiger partial charge in [0.15, 0.2) is 17.5 Å². The summed E-state index contributed by atoms with van der Waals surface area (Å²) in [6.45, 7) is 4.10. The molecule has 9 rings (SSSR count). The van der Waals surface area contributed by atoms with E-state index in [-0.39, 0.29) is 0 Å². The predicted molar refractivity (Wildman–Crippen MR) is 219 cm³/mol. The lowest BCUT2D eigenvalue weighted by atomic mass is 10.0. The summed E-state index contributed by atoms with van der Waals surface area (Å²) >= 11 is 0. The molecule has 53 heavy (non-hydrogen) atoms. The molecular formula is C48H37N5. The lowest BCUT2D eigenvalue weighted by Crippen LogP contribution is -2.36. The van der Waals surface area contributed by atoms with Crippen molar-refractivity contribution >= 4 is 34.1 Å². The average molecular weight is 684 g/mol. The van der Waals surface area contributed by atoms with Gasteiger partial charge in [-0.05, 0) is 67.2 Å². The molecule has 0 atom stereocenters. The quantitative estimate of drug-likeness (QED) is 0.157. The summed E-state index contributed by atoms with van der Waals surface area (Å²) in [5, 5.41) is 3.38. The first kappa shape index (κ1) is 32.2. The van der Waals surface area contributed by atoms with Crippen molar-refractivity contribution in [1.82, 2.24) is 24.3 Å². The third-order valence-corrected chi connectivity index (χ3v) is 9.94. The summed E-state index contributed by atoms with van der Waals surface area (Å²) in [6, 6.07) is 46.6. The number of hydrogen-bond donors (Lipinski definition) is 0. The van der Waals surface area contributed by atoms with Crippen molar-refractivity contribution < 1.29 is 0 Å². The maximum absolute atomic E-state index is 5.28. The van der Waals surface area contributed by atoms with Crippen molar-refractivity contribution in [3.8, 4) is 56.5 Å². The van der Waals surface area contributed by atoms with E-state index >= 15 is 0 Å². The summed E-state index contributed by atoms with van der Waals surface area (Å²) in [5.74, 6) is 1.86. The van der Waals surface area contributed by atoms with Crippen molar-refractivity contribution in [1.29, 1.82) is 0 Å². The third-order valence-electron chi connectivity index (χ3n) is 9.94. The Hall–Kier alpha value is -6.72. The van der Waals surface area contributed by atoms with Crippen LogP contribution in [-0.2, 0) is 0 Å². The minimum Gasteiger partial charge on any atom is -0.306 e. The van der Waals surface area contributed by atoms with Gasteiger partial charge >= 0.3 is 0 Å². The van der Waals surface area contributed by atoms with E-state index in [1.54, 1.807) is 0 Å². The van der Waals surface area contributed by atoms with Gasteiger partial charge in [-0.3, -0.25) is 0 Å². The summed E-state index contributed by atoms with van der Waals surface area (Å²) in [6.07, 6.45) is 12.9. The molecule has 0 bridgehead atoms. The number of fused-ring (bicyclic) bond motifs is 5. The van der Waals surface area contributed by atoms with E-state index < -0.39 is 0 Å². The van der Waals surface area contributed by atoms with Crippen molar-refractivity contribution in [2.24, 2.45) is 0 Å². The molecule has 5 heteroatoms. The Labute approximate surface area is 308 Å². The number of para-hydroxylation sites is 1. The Morgan fingerprint density at radius 1 is 0.528 bits per heavy atom. The van der Waals surface area contributed by atoms with Gasteiger partial charge in [-0.1, -0.05) is 146 Å². The van der Waals surface area contributed by atoms with Crippen molar-refractivity contribution in [2.75, 3.05) is 0 Å². The van der Waals surface area contributed by atoms with E-state index in [0.29, 0.717) is 17.5 Å². The molecule has 0 amide bonds. The first-order valence-electron chi connectivity index (χ1n) is 18.2. The zero-order valence-electron chi connectivity index (χ0n) is 29.7. The highest BCUT2D eigenvalue weighted by atomic mass is 15.0. The smallest absolute Gasteiger partial charge is 0.164 e. The molecule has 0 fully saturated rings. The molecule has 1 aliphatic carbocycles. The second-order valence-electron chi connectivity index (χ2n) is 13.3. The first-order valence-corrected chi connectivity index (χ1v) is 18.2. The molecule has 254 valence electrons. The number of aromatic nitrogens is 5. The van der Waals surface area contributed by atoms with Crippen molar-refractivity contribution in [2.45, 2.75) is 26.7 Å². The van der Waals surface area contributed by atoms with Crippen LogP contribution in [0.15, 0.2) is 152 Å². The van der Waals surface area contributed by atoms with Crippen LogP contribution in [0.1, 0.15) is 32.3 Å². The first-order chi connectivity index (χ1) is 26.2. The van der Waals surface area contributed by atoms with E-state index in [1.165, 1.54) is 22.0 Å². The molecule has 5 aromatic carbocycles. The molecule has 8 aromatic rings. The SMILES string of the molecule is C/C=C\C(=C/C)c1ccc(-c2nc(-c3ccc(-c4ccccc4)cc3)nc(-c3cccc(-c4nc5c(n6c4cc4ccccc46)=CCCC=5)c3)n2)cc1. The van der Waals surface area contributed by atoms with E-state index in [1.807, 2.05) is 13.0 Å². The second kappa shape index (κ2) is 13.8. The van der Waals surface area contributed by atoms with Gasteiger partial charge in [-0.15, -0.1) is 0 Å². The molecular weight excluding hydrogens is 647 g/mol. The molecule has 1 aliphatic rings. The topological polar surface area (TPSA) is 56.0 Å². The van der Waals surface area contributed by atoms with Crippen molar-refractivity contribution in [3.63, 3.8) is 0 Å². The van der Waals surface area contributed by atoms with Crippen LogP contribution in [0.3, 0.4) is 0 Å². The highest BCUT2D eigenvalue weighted by Gasteiger charge is 2.17. The Kier molecular flexibility index (Phi) is 8.37. The monoisotopic (exact) mass is 683 g/mol. The molecule has 0 saturated heterocycles. The zero-order valence-corrected chi connectivity index (χ0v) is 29.7. The fourth-order valence-corrected chi connectivity index (χ4v) is 7.30. The standard InChI is InChI=1S/C48H37N5/c1-3-13-32(4-2)34-22-26-36(27-23-34)46-50-47(37-28-24-35(25-29-37)33-14-6-5-7-15-33)52-48(51-46)40-18-12-17-39(30-40)45-44-31-38-16-8-10-20-42(38)53(44)43-21-11-9-19-41(43)49-45/h3-8,10,12-31H,9,11H2,1-2H3/b13-3-,32-4+. The third kappa shape index (κ3) is 6.06. The largest absolute Gasteiger partial charge is 0.306 e. The molecule has 3 aromatic heterocycles. The summed E-state index contributed by atoms with van der Waals surface area (Å²) in [5.41, 5.74) is 11.6. The fraction of sp³-hybridized carbons (Fsp3) is 0.0833. The van der Waals surface area contributed by atoms with E-state index in [9.17, 15) is 0 Å². The lowest BCUT2D eigenvalue weighted by Gasteiger charge is -2.12. The van der Waals surface area contributed by atoms with Crippen LogP contribution in [0.2, 0.25) is 0 Å². The second-order valence-corrected chi connectivity index (χ2v) is 13.3. The zero-order chi connectivity index (χ0) is 35.7. The van der Waals surface area contributed by atoms with Crippen LogP contribution in [0.5, 0.6) is 0 Å². The molecule has 0 N–H and O–H groups in total. The number of hydrogen-bond acceptors (Lipinski definition) is 4. The molecule has 3 heterocycles. The van der Waals surface area contributed by atoms with Crippen LogP contribution in [-0.4, -0.2) is 24.3 Å². The molecule has 0 unspecified atom stereocenters. The predicted octanol–water partition coefficient (Wildman–Crippen LogP) is 10.3. The van der Waals surface area contributed by atoms with Gasteiger partial charge in [-0.25, -0.2) is 19.9 Å². The Morgan fingerprint density at radius 3 is 1.87 bits per heavy atom. The summed E-state index contributed by atoms with van der Waals surface area (Å²) in [4.78, 5) is 20.6. The number of benzene rings is 5. The van der Waals surface area contributed by atoms with Gasteiger partial charge in [0.2, 0.25) is 0 Å². The average Bonchev–Trinajstić information content (AvgIpc) is 3.63. The van der Waals surface area contributed by atoms with E-state index in [2.05, 4.69) is 169 Å². The van der Waals surface area contributed by atoms with Gasteiger partial charge < -0.3 is 4.40 Å². The van der Waals surface area contributed by atoms with Crippen LogP contribution in [0.25, 0.3) is 90.7 Å². The number of nitrogens with zero attached hydrogens (tertiary/aromatic N) is 5. The lowest BCUT2D eigenvalue weighted by molar-refractivity contribution is 1.01. The molecule has 0 radical (unpaired) electrons. The fourth-order valence-electron chi connectivity index (χ4n) is 7.30. The van der Waals surface area contributed by atoms with Crippen LogP contribution in [0.4, 0.5) is 0 Å². The Bertz CT molecular complexity index is 2830. The number of rotatable bonds is 7. The van der Waals surface area contributed by atoms with Gasteiger partial charge in [0.1, 0.15) is 0 Å². The van der Waals surface area contributed by atoms with Crippen LogP contribution >= 0.6 is 0 Å². The van der Waals surface area contributed by atoms with Gasteiger partial charge in [0.05, 0.1) is 27.4 Å². The Morgan fingerprint density at radius 2 is 1.13 bits per heavy atom. The maximum Gasteiger partial charge on any atom is 0.164 e. The summed E-state index contributed by atoms with van der Waals surface area (Å²) in [7, 11) is 0. The highest BCUT2D eigenvalue weighted by Crippen LogP contribution is 2.32. The molecule has 0 saturated carbocycles. The maximum atomic E-state index is 5.28. The number of allylic oxidation sites excluding steroid dienone is 4. The van der Waals surface area contributed by atoms with Gasteiger partial charge in [0.25, 0.3) is 0 Å². The van der Waals surface area contributed by atoms with E-state index in [4.69, 9.17) is 19.9 Å². The van der Waals surface area contributed by atoms with Crippen LogP contribution < -0.4 is 10.7 Å². The highest BCUT2D eigenvalue weighted by molar-refractivity contribution is 5.93. The molecule has 5 nitrogen and oxygen atoms in total. The van der Waals surface area contributed by atoms with Gasteiger partial charge in [0, 0.05) is 27.6 Å². The normalized spacial score (nSPS) is 12.9. The van der Waals surface area contributed by atoms with Crippen molar-refractivity contribution in [3.05, 3.63) is 168 Å². The summed E-state index contributed by atoms with van der Waals surface area (Å²) < 4.78 is 2.37. The van der Waals surface area contributed by atoms with Crippen LogP contribution in [0, 0.1) is 0 Å². The van der Waals surface area contributed by atoms with Gasteiger partial charge in [-0.2, -0.15) is 0 Å². The minimum absolute atomic E-state index is 0.612. The van der Waals surface area contributed by atoms with E-state index in [0.717, 1.165) is 68.1 Å². The minimum atomic E-state index is 0.612. The molecule has 0 spiro atoms. The molecule has 0 aliphatic heterocycles.